The number of amides is 1. The molecule has 10 heteroatoms. The summed E-state index contributed by atoms with van der Waals surface area (Å²) in [4.78, 5) is 22.3. The summed E-state index contributed by atoms with van der Waals surface area (Å²) >= 11 is 0. The minimum Gasteiger partial charge on any atom is -0.444 e. The van der Waals surface area contributed by atoms with Gasteiger partial charge in [0.2, 0.25) is 0 Å². The number of rotatable bonds is 2. The minimum absolute atomic E-state index is 0.193. The number of halogens is 3. The number of hydrogen-bond acceptors (Lipinski definition) is 4. The Hall–Kier alpha value is -3.82. The van der Waals surface area contributed by atoms with Crippen molar-refractivity contribution in [3.05, 3.63) is 59.5 Å². The van der Waals surface area contributed by atoms with Gasteiger partial charge in [-0.1, -0.05) is 12.1 Å². The highest BCUT2D eigenvalue weighted by Gasteiger charge is 2.35. The van der Waals surface area contributed by atoms with E-state index in [9.17, 15) is 18.0 Å². The maximum absolute atomic E-state index is 13.2. The van der Waals surface area contributed by atoms with Crippen LogP contribution in [0, 0.1) is 6.92 Å². The molecule has 1 aliphatic heterocycles. The van der Waals surface area contributed by atoms with Crippen LogP contribution >= 0.6 is 0 Å². The Morgan fingerprint density at radius 3 is 2.49 bits per heavy atom. The Morgan fingerprint density at radius 1 is 1.14 bits per heavy atom. The fourth-order valence-corrected chi connectivity index (χ4v) is 4.77. The molecule has 1 amide bonds. The highest BCUT2D eigenvalue weighted by molar-refractivity contribution is 6.00. The Labute approximate surface area is 212 Å². The third-order valence-electron chi connectivity index (χ3n) is 6.50. The molecule has 194 valence electrons. The normalized spacial score (nSPS) is 16.2. The lowest BCUT2D eigenvalue weighted by Crippen LogP contribution is -2.47. The number of benzene rings is 1. The van der Waals surface area contributed by atoms with Gasteiger partial charge < -0.3 is 9.72 Å². The number of carbonyl (C=O) groups is 1. The van der Waals surface area contributed by atoms with E-state index >= 15 is 0 Å². The SMILES string of the molecule is Cc1c[nH]c2nccc(-c3c(-c4ccc(C(F)(F)F)cc4)nn4c3CN(C(=O)OC(C)(C)C)[C@H](C)C4)c12. The summed E-state index contributed by atoms with van der Waals surface area (Å²) in [6, 6.07) is 6.70. The highest BCUT2D eigenvalue weighted by Crippen LogP contribution is 2.41. The molecule has 1 atom stereocenters. The zero-order chi connectivity index (χ0) is 26.7. The summed E-state index contributed by atoms with van der Waals surface area (Å²) < 4.78 is 47.2. The summed E-state index contributed by atoms with van der Waals surface area (Å²) in [5.74, 6) is 0. The van der Waals surface area contributed by atoms with Crippen LogP contribution in [0.5, 0.6) is 0 Å². The van der Waals surface area contributed by atoms with Crippen molar-refractivity contribution >= 4 is 17.1 Å². The van der Waals surface area contributed by atoms with Crippen LogP contribution in [0.25, 0.3) is 33.4 Å². The van der Waals surface area contributed by atoms with E-state index < -0.39 is 23.4 Å². The number of ether oxygens (including phenoxy) is 1. The molecule has 3 aromatic heterocycles. The number of aryl methyl sites for hydroxylation is 1. The van der Waals surface area contributed by atoms with Crippen LogP contribution in [0.1, 0.15) is 44.5 Å². The lowest BCUT2D eigenvalue weighted by molar-refractivity contribution is -0.137. The van der Waals surface area contributed by atoms with Gasteiger partial charge in [0.05, 0.1) is 30.4 Å². The van der Waals surface area contributed by atoms with Crippen LogP contribution in [0.15, 0.2) is 42.7 Å². The fourth-order valence-electron chi connectivity index (χ4n) is 4.77. The van der Waals surface area contributed by atoms with E-state index in [-0.39, 0.29) is 12.6 Å². The maximum Gasteiger partial charge on any atom is 0.416 e. The smallest absolute Gasteiger partial charge is 0.416 e. The number of fused-ring (bicyclic) bond motifs is 2. The number of nitrogens with zero attached hydrogens (tertiary/aromatic N) is 4. The van der Waals surface area contributed by atoms with Gasteiger partial charge in [0.25, 0.3) is 0 Å². The van der Waals surface area contributed by atoms with Crippen molar-refractivity contribution in [2.75, 3.05) is 0 Å². The van der Waals surface area contributed by atoms with Crippen molar-refractivity contribution in [2.45, 2.75) is 65.5 Å². The first-order valence-corrected chi connectivity index (χ1v) is 12.0. The number of alkyl halides is 3. The van der Waals surface area contributed by atoms with E-state index in [1.54, 1.807) is 11.1 Å². The fraction of sp³-hybridized carbons (Fsp3) is 0.370. The Morgan fingerprint density at radius 2 is 1.84 bits per heavy atom. The molecular formula is C27H28F3N5O2. The topological polar surface area (TPSA) is 76.0 Å². The maximum atomic E-state index is 13.2. The summed E-state index contributed by atoms with van der Waals surface area (Å²) in [6.07, 6.45) is -1.31. The summed E-state index contributed by atoms with van der Waals surface area (Å²) in [5.41, 5.74) is 3.79. The number of nitrogens with one attached hydrogen (secondary N) is 1. The molecule has 0 fully saturated rings. The molecule has 0 unspecified atom stereocenters. The zero-order valence-corrected chi connectivity index (χ0v) is 21.3. The molecule has 0 saturated carbocycles. The summed E-state index contributed by atoms with van der Waals surface area (Å²) in [5, 5.41) is 5.75. The predicted molar refractivity (Wildman–Crippen MR) is 134 cm³/mol. The van der Waals surface area contributed by atoms with Crippen LogP contribution in [0.2, 0.25) is 0 Å². The van der Waals surface area contributed by atoms with Crippen LogP contribution in [-0.2, 0) is 24.0 Å². The molecule has 7 nitrogen and oxygen atoms in total. The van der Waals surface area contributed by atoms with E-state index in [4.69, 9.17) is 9.84 Å². The van der Waals surface area contributed by atoms with Gasteiger partial charge in [-0.3, -0.25) is 9.58 Å². The molecule has 1 aliphatic rings. The highest BCUT2D eigenvalue weighted by atomic mass is 19.4. The monoisotopic (exact) mass is 511 g/mol. The van der Waals surface area contributed by atoms with Crippen LogP contribution in [0.3, 0.4) is 0 Å². The predicted octanol–water partition coefficient (Wildman–Crippen LogP) is 6.56. The third kappa shape index (κ3) is 4.56. The van der Waals surface area contributed by atoms with Gasteiger partial charge in [-0.2, -0.15) is 18.3 Å². The molecule has 1 aromatic carbocycles. The second-order valence-electron chi connectivity index (χ2n) is 10.4. The molecule has 1 N–H and O–H groups in total. The molecule has 4 heterocycles. The second-order valence-corrected chi connectivity index (χ2v) is 10.4. The molecule has 0 saturated heterocycles. The minimum atomic E-state index is -4.43. The average Bonchev–Trinajstić information content (AvgIpc) is 3.37. The van der Waals surface area contributed by atoms with Gasteiger partial charge in [-0.05, 0) is 63.9 Å². The van der Waals surface area contributed by atoms with Crippen molar-refractivity contribution in [3.8, 4) is 22.4 Å². The number of hydrogen-bond donors (Lipinski definition) is 1. The molecule has 0 spiro atoms. The first-order valence-electron chi connectivity index (χ1n) is 12.0. The van der Waals surface area contributed by atoms with Crippen molar-refractivity contribution in [1.82, 2.24) is 24.6 Å². The Kier molecular flexibility index (Phi) is 5.80. The molecular weight excluding hydrogens is 483 g/mol. The number of aromatic nitrogens is 4. The zero-order valence-electron chi connectivity index (χ0n) is 21.3. The molecule has 0 radical (unpaired) electrons. The lowest BCUT2D eigenvalue weighted by Gasteiger charge is -2.35. The van der Waals surface area contributed by atoms with Crippen LogP contribution in [0.4, 0.5) is 18.0 Å². The van der Waals surface area contributed by atoms with Gasteiger partial charge in [-0.25, -0.2) is 9.78 Å². The number of aromatic amines is 1. The average molecular weight is 512 g/mol. The van der Waals surface area contributed by atoms with E-state index in [0.29, 0.717) is 23.4 Å². The van der Waals surface area contributed by atoms with Gasteiger partial charge in [0.15, 0.2) is 0 Å². The molecule has 0 bridgehead atoms. The largest absolute Gasteiger partial charge is 0.444 e. The summed E-state index contributed by atoms with van der Waals surface area (Å²) in [6.45, 7) is 10.0. The summed E-state index contributed by atoms with van der Waals surface area (Å²) in [7, 11) is 0. The molecule has 37 heavy (non-hydrogen) atoms. The van der Waals surface area contributed by atoms with E-state index in [1.165, 1.54) is 12.1 Å². The van der Waals surface area contributed by atoms with Gasteiger partial charge in [0, 0.05) is 28.9 Å². The Bertz CT molecular complexity index is 1480. The van der Waals surface area contributed by atoms with Crippen LogP contribution in [-0.4, -0.2) is 42.4 Å². The van der Waals surface area contributed by atoms with E-state index in [2.05, 4.69) is 9.97 Å². The van der Waals surface area contributed by atoms with Gasteiger partial charge in [-0.15, -0.1) is 0 Å². The quantitative estimate of drug-likeness (QED) is 0.331. The number of pyridine rings is 1. The standard InChI is InChI=1S/C27H28F3N5O2/c1-15-12-32-24-21(15)19(10-11-31-24)22-20-14-34(25(36)37-26(3,4)5)16(2)13-35(20)33-23(22)17-6-8-18(9-7-17)27(28,29)30/h6-12,16H,13-14H2,1-5H3,(H,31,32)/t16-/m1/s1. The van der Waals surface area contributed by atoms with E-state index in [1.807, 2.05) is 51.6 Å². The van der Waals surface area contributed by atoms with Crippen molar-refractivity contribution in [1.29, 1.82) is 0 Å². The van der Waals surface area contributed by atoms with Gasteiger partial charge in [0.1, 0.15) is 16.9 Å². The van der Waals surface area contributed by atoms with Gasteiger partial charge >= 0.3 is 12.3 Å². The van der Waals surface area contributed by atoms with Crippen molar-refractivity contribution in [2.24, 2.45) is 0 Å². The van der Waals surface area contributed by atoms with Crippen molar-refractivity contribution < 1.29 is 22.7 Å². The first kappa shape index (κ1) is 24.9. The molecule has 0 aliphatic carbocycles. The third-order valence-corrected chi connectivity index (χ3v) is 6.50. The second kappa shape index (κ2) is 8.64. The van der Waals surface area contributed by atoms with Crippen molar-refractivity contribution in [3.63, 3.8) is 0 Å². The number of H-pyrrole nitrogens is 1. The lowest BCUT2D eigenvalue weighted by atomic mass is 9.95. The number of carbonyl (C=O) groups excluding carboxylic acids is 1. The molecule has 5 rings (SSSR count). The Balaban J connectivity index is 1.69. The first-order chi connectivity index (χ1) is 17.3. The van der Waals surface area contributed by atoms with E-state index in [0.717, 1.165) is 39.9 Å². The molecule has 4 aromatic rings. The van der Waals surface area contributed by atoms with Crippen LogP contribution < -0.4 is 0 Å².